The molecule has 18 heavy (non-hydrogen) atoms. The molecule has 2 N–H and O–H groups in total. The minimum absolute atomic E-state index is 0.0264. The summed E-state index contributed by atoms with van der Waals surface area (Å²) in [5.74, 6) is -0.860. The minimum Gasteiger partial charge on any atom is -0.481 e. The summed E-state index contributed by atoms with van der Waals surface area (Å²) in [5.41, 5.74) is -0.554. The maximum Gasteiger partial charge on any atom is 0.407 e. The van der Waals surface area contributed by atoms with Crippen LogP contribution in [0, 0.1) is 11.8 Å². The SMILES string of the molecule is CC(C)C(NC(=O)OC(C)(C)C)C(C)CC(=O)O. The van der Waals surface area contributed by atoms with Crippen molar-refractivity contribution in [2.45, 2.75) is 59.6 Å². The first-order valence-corrected chi connectivity index (χ1v) is 6.24. The number of amides is 1. The predicted octanol–water partition coefficient (Wildman–Crippen LogP) is 2.65. The van der Waals surface area contributed by atoms with Crippen molar-refractivity contribution in [3.63, 3.8) is 0 Å². The van der Waals surface area contributed by atoms with Crippen molar-refractivity contribution in [3.05, 3.63) is 0 Å². The van der Waals surface area contributed by atoms with Gasteiger partial charge in [-0.1, -0.05) is 20.8 Å². The highest BCUT2D eigenvalue weighted by atomic mass is 16.6. The van der Waals surface area contributed by atoms with Gasteiger partial charge in [0.25, 0.3) is 0 Å². The Balaban J connectivity index is 4.54. The summed E-state index contributed by atoms with van der Waals surface area (Å²) in [4.78, 5) is 22.4. The van der Waals surface area contributed by atoms with E-state index >= 15 is 0 Å². The zero-order valence-electron chi connectivity index (χ0n) is 12.1. The normalized spacial score (nSPS) is 15.1. The number of alkyl carbamates (subject to hydrolysis) is 1. The van der Waals surface area contributed by atoms with Crippen molar-refractivity contribution in [2.24, 2.45) is 11.8 Å². The van der Waals surface area contributed by atoms with Gasteiger partial charge in [-0.15, -0.1) is 0 Å². The van der Waals surface area contributed by atoms with E-state index in [0.717, 1.165) is 0 Å². The van der Waals surface area contributed by atoms with Gasteiger partial charge >= 0.3 is 12.1 Å². The van der Waals surface area contributed by atoms with E-state index in [4.69, 9.17) is 9.84 Å². The fourth-order valence-electron chi connectivity index (χ4n) is 1.81. The highest BCUT2D eigenvalue weighted by Crippen LogP contribution is 2.17. The third-order valence-corrected chi connectivity index (χ3v) is 2.51. The third-order valence-electron chi connectivity index (χ3n) is 2.51. The molecule has 0 aromatic heterocycles. The molecule has 5 nitrogen and oxygen atoms in total. The van der Waals surface area contributed by atoms with Crippen LogP contribution in [0.15, 0.2) is 0 Å². The van der Waals surface area contributed by atoms with Crippen molar-refractivity contribution in [1.82, 2.24) is 5.32 Å². The number of hydrogen-bond acceptors (Lipinski definition) is 3. The van der Waals surface area contributed by atoms with Crippen molar-refractivity contribution in [2.75, 3.05) is 0 Å². The topological polar surface area (TPSA) is 75.6 Å². The smallest absolute Gasteiger partial charge is 0.407 e. The minimum atomic E-state index is -0.862. The number of hydrogen-bond donors (Lipinski definition) is 2. The van der Waals surface area contributed by atoms with Crippen LogP contribution in [0.2, 0.25) is 0 Å². The maximum atomic E-state index is 11.7. The van der Waals surface area contributed by atoms with Gasteiger partial charge < -0.3 is 15.2 Å². The largest absolute Gasteiger partial charge is 0.481 e. The summed E-state index contributed by atoms with van der Waals surface area (Å²) in [6, 6.07) is -0.212. The van der Waals surface area contributed by atoms with Gasteiger partial charge in [-0.25, -0.2) is 4.79 Å². The summed E-state index contributed by atoms with van der Waals surface area (Å²) >= 11 is 0. The molecule has 0 heterocycles. The fraction of sp³-hybridized carbons (Fsp3) is 0.846. The average molecular weight is 259 g/mol. The monoisotopic (exact) mass is 259 g/mol. The summed E-state index contributed by atoms with van der Waals surface area (Å²) in [5, 5.41) is 11.5. The fourth-order valence-corrected chi connectivity index (χ4v) is 1.81. The Labute approximate surface area is 109 Å². The molecular weight excluding hydrogens is 234 g/mol. The Morgan fingerprint density at radius 1 is 1.22 bits per heavy atom. The molecule has 0 aliphatic carbocycles. The molecule has 0 rings (SSSR count). The molecule has 0 saturated carbocycles. The molecule has 0 aliphatic heterocycles. The Hall–Kier alpha value is -1.26. The van der Waals surface area contributed by atoms with Crippen LogP contribution in [0.4, 0.5) is 4.79 Å². The van der Waals surface area contributed by atoms with Crippen molar-refractivity contribution in [3.8, 4) is 0 Å². The van der Waals surface area contributed by atoms with Gasteiger partial charge in [0, 0.05) is 12.5 Å². The van der Waals surface area contributed by atoms with Crippen LogP contribution >= 0.6 is 0 Å². The second-order valence-corrected chi connectivity index (χ2v) is 5.99. The number of carbonyl (C=O) groups is 2. The van der Waals surface area contributed by atoms with Gasteiger partial charge in [0.05, 0.1) is 0 Å². The zero-order chi connectivity index (χ0) is 14.5. The van der Waals surface area contributed by atoms with Crippen LogP contribution in [0.3, 0.4) is 0 Å². The summed E-state index contributed by atoms with van der Waals surface area (Å²) < 4.78 is 5.18. The molecule has 5 heteroatoms. The van der Waals surface area contributed by atoms with Crippen LogP contribution in [0.5, 0.6) is 0 Å². The Kier molecular flexibility index (Phi) is 6.15. The number of rotatable bonds is 5. The Bertz CT molecular complexity index is 294. The van der Waals surface area contributed by atoms with E-state index in [1.165, 1.54) is 0 Å². The Morgan fingerprint density at radius 2 is 1.72 bits per heavy atom. The molecule has 1 amide bonds. The highest BCUT2D eigenvalue weighted by Gasteiger charge is 2.26. The lowest BCUT2D eigenvalue weighted by Crippen LogP contribution is -2.45. The summed E-state index contributed by atoms with van der Waals surface area (Å²) in [7, 11) is 0. The van der Waals surface area contributed by atoms with E-state index in [-0.39, 0.29) is 24.3 Å². The summed E-state index contributed by atoms with van der Waals surface area (Å²) in [6.45, 7) is 11.1. The molecule has 0 aromatic rings. The van der Waals surface area contributed by atoms with Gasteiger partial charge in [0.15, 0.2) is 0 Å². The molecule has 2 unspecified atom stereocenters. The van der Waals surface area contributed by atoms with Gasteiger partial charge in [-0.2, -0.15) is 0 Å². The third kappa shape index (κ3) is 7.14. The second-order valence-electron chi connectivity index (χ2n) is 5.99. The lowest BCUT2D eigenvalue weighted by Gasteiger charge is -2.29. The van der Waals surface area contributed by atoms with Gasteiger partial charge in [0.1, 0.15) is 5.60 Å². The van der Waals surface area contributed by atoms with Gasteiger partial charge in [-0.3, -0.25) is 4.79 Å². The van der Waals surface area contributed by atoms with Crippen LogP contribution in [-0.2, 0) is 9.53 Å². The average Bonchev–Trinajstić information content (AvgIpc) is 2.09. The van der Waals surface area contributed by atoms with E-state index in [2.05, 4.69) is 5.32 Å². The number of nitrogens with one attached hydrogen (secondary N) is 1. The first-order valence-electron chi connectivity index (χ1n) is 6.24. The standard InChI is InChI=1S/C13H25NO4/c1-8(2)11(9(3)7-10(15)16)14-12(17)18-13(4,5)6/h8-9,11H,7H2,1-6H3,(H,14,17)(H,15,16). The molecule has 106 valence electrons. The molecule has 0 aromatic carbocycles. The maximum absolute atomic E-state index is 11.7. The van der Waals surface area contributed by atoms with E-state index in [0.29, 0.717) is 0 Å². The molecule has 0 fully saturated rings. The Morgan fingerprint density at radius 3 is 2.06 bits per heavy atom. The molecule has 0 saturated heterocycles. The van der Waals surface area contributed by atoms with Crippen LogP contribution < -0.4 is 5.32 Å². The number of carbonyl (C=O) groups excluding carboxylic acids is 1. The number of carboxylic acids is 1. The quantitative estimate of drug-likeness (QED) is 0.795. The van der Waals surface area contributed by atoms with Crippen molar-refractivity contribution in [1.29, 1.82) is 0 Å². The van der Waals surface area contributed by atoms with E-state index in [1.54, 1.807) is 20.8 Å². The number of aliphatic carboxylic acids is 1. The summed E-state index contributed by atoms with van der Waals surface area (Å²) in [6.07, 6.45) is -0.475. The lowest BCUT2D eigenvalue weighted by atomic mass is 9.89. The predicted molar refractivity (Wildman–Crippen MR) is 69.4 cm³/mol. The molecule has 2 atom stereocenters. The number of ether oxygens (including phenoxy) is 1. The van der Waals surface area contributed by atoms with E-state index in [9.17, 15) is 9.59 Å². The second kappa shape index (κ2) is 6.61. The molecule has 0 spiro atoms. The van der Waals surface area contributed by atoms with Crippen LogP contribution in [-0.4, -0.2) is 28.8 Å². The van der Waals surface area contributed by atoms with Crippen molar-refractivity contribution >= 4 is 12.1 Å². The van der Waals surface area contributed by atoms with Gasteiger partial charge in [-0.05, 0) is 32.6 Å². The molecule has 0 radical (unpaired) electrons. The van der Waals surface area contributed by atoms with Crippen molar-refractivity contribution < 1.29 is 19.4 Å². The van der Waals surface area contributed by atoms with E-state index < -0.39 is 17.7 Å². The van der Waals surface area contributed by atoms with Crippen LogP contribution in [0.1, 0.15) is 48.0 Å². The molecular formula is C13H25NO4. The number of carboxylic acid groups (broad SMARTS) is 1. The zero-order valence-corrected chi connectivity index (χ0v) is 12.1. The first kappa shape index (κ1) is 16.7. The highest BCUT2D eigenvalue weighted by molar-refractivity contribution is 5.69. The lowest BCUT2D eigenvalue weighted by molar-refractivity contribution is -0.138. The van der Waals surface area contributed by atoms with Crippen LogP contribution in [0.25, 0.3) is 0 Å². The van der Waals surface area contributed by atoms with Gasteiger partial charge in [0.2, 0.25) is 0 Å². The van der Waals surface area contributed by atoms with E-state index in [1.807, 2.05) is 20.8 Å². The first-order chi connectivity index (χ1) is 8.03. The molecule has 0 bridgehead atoms. The molecule has 0 aliphatic rings.